The second-order valence-electron chi connectivity index (χ2n) is 4.87. The molecule has 3 aromatic rings. The van der Waals surface area contributed by atoms with Crippen LogP contribution in [0.3, 0.4) is 0 Å². The van der Waals surface area contributed by atoms with Gasteiger partial charge in [0.2, 0.25) is 5.82 Å². The quantitative estimate of drug-likeness (QED) is 0.684. The fourth-order valence-corrected chi connectivity index (χ4v) is 2.10. The number of aromatic nitrogens is 5. The Morgan fingerprint density at radius 3 is 2.45 bits per heavy atom. The number of benzene rings is 1. The van der Waals surface area contributed by atoms with Crippen molar-refractivity contribution in [3.63, 3.8) is 0 Å². The predicted molar refractivity (Wildman–Crippen MR) is 79.4 cm³/mol. The molecule has 0 spiro atoms. The van der Waals surface area contributed by atoms with Gasteiger partial charge >= 0.3 is 0 Å². The minimum Gasteiger partial charge on any atom is -0.201 e. The molecule has 0 N–H and O–H groups in total. The van der Waals surface area contributed by atoms with Gasteiger partial charge in [-0.25, -0.2) is 4.57 Å². The van der Waals surface area contributed by atoms with Crippen molar-refractivity contribution in [1.29, 1.82) is 5.26 Å². The summed E-state index contributed by atoms with van der Waals surface area (Å²) < 4.78 is 2.03. The van der Waals surface area contributed by atoms with E-state index in [1.807, 2.05) is 48.1 Å². The monoisotopic (exact) mass is 291 g/mol. The minimum absolute atomic E-state index is 0.638. The molecule has 0 unspecified atom stereocenters. The van der Waals surface area contributed by atoms with Gasteiger partial charge in [-0.3, -0.25) is 0 Å². The Hall–Kier alpha value is -3.07. The first-order chi connectivity index (χ1) is 10.8. The summed E-state index contributed by atoms with van der Waals surface area (Å²) in [5.74, 6) is 0.638. The van der Waals surface area contributed by atoms with Gasteiger partial charge in [0.05, 0.1) is 18.2 Å². The lowest BCUT2D eigenvalue weighted by molar-refractivity contribution is -0.688. The predicted octanol–water partition coefficient (Wildman–Crippen LogP) is 1.57. The highest BCUT2D eigenvalue weighted by Gasteiger charge is 2.07. The molecule has 2 aromatic heterocycles. The molecule has 0 amide bonds. The van der Waals surface area contributed by atoms with Crippen LogP contribution >= 0.6 is 0 Å². The smallest absolute Gasteiger partial charge is 0.201 e. The Kier molecular flexibility index (Phi) is 3.88. The van der Waals surface area contributed by atoms with Crippen molar-refractivity contribution in [1.82, 2.24) is 20.2 Å². The molecule has 3 rings (SSSR count). The van der Waals surface area contributed by atoms with Gasteiger partial charge in [-0.05, 0) is 12.1 Å². The van der Waals surface area contributed by atoms with Crippen LogP contribution < -0.4 is 4.57 Å². The maximum atomic E-state index is 8.80. The third-order valence-corrected chi connectivity index (χ3v) is 3.33. The lowest BCUT2D eigenvalue weighted by Crippen LogP contribution is -2.33. The molecule has 0 aliphatic carbocycles. The van der Waals surface area contributed by atoms with Crippen molar-refractivity contribution in [3.8, 4) is 17.5 Å². The number of aryl methyl sites for hydroxylation is 1. The van der Waals surface area contributed by atoms with Gasteiger partial charge in [0, 0.05) is 23.3 Å². The van der Waals surface area contributed by atoms with Crippen LogP contribution in [0.1, 0.15) is 18.1 Å². The normalized spacial score (nSPS) is 10.4. The number of rotatable bonds is 4. The van der Waals surface area contributed by atoms with E-state index in [0.29, 0.717) is 17.9 Å². The fraction of sp³-hybridized carbons (Fsp3) is 0.188. The molecule has 0 atom stereocenters. The highest BCUT2D eigenvalue weighted by Crippen LogP contribution is 2.14. The Labute approximate surface area is 128 Å². The molecule has 2 heterocycles. The molecular weight excluding hydrogens is 276 g/mol. The van der Waals surface area contributed by atoms with E-state index >= 15 is 0 Å². The van der Waals surface area contributed by atoms with Gasteiger partial charge in [-0.15, -0.1) is 10.2 Å². The Balaban J connectivity index is 1.74. The van der Waals surface area contributed by atoms with E-state index in [1.165, 1.54) is 5.56 Å². The van der Waals surface area contributed by atoms with Gasteiger partial charge in [0.15, 0.2) is 18.9 Å². The SMILES string of the molecule is CCn1nnc(-c2ccc(C[n+]3ccc(C#N)cc3)cc2)n1. The van der Waals surface area contributed by atoms with Crippen LogP contribution in [0.25, 0.3) is 11.4 Å². The van der Waals surface area contributed by atoms with E-state index in [0.717, 1.165) is 12.1 Å². The maximum absolute atomic E-state index is 8.80. The molecule has 0 saturated carbocycles. The lowest BCUT2D eigenvalue weighted by atomic mass is 10.1. The van der Waals surface area contributed by atoms with Gasteiger partial charge in [0.25, 0.3) is 0 Å². The van der Waals surface area contributed by atoms with E-state index in [4.69, 9.17) is 5.26 Å². The lowest BCUT2D eigenvalue weighted by Gasteiger charge is -1.99. The molecule has 6 heteroatoms. The highest BCUT2D eigenvalue weighted by atomic mass is 15.6. The van der Waals surface area contributed by atoms with E-state index in [-0.39, 0.29) is 0 Å². The number of nitrogens with zero attached hydrogens (tertiary/aromatic N) is 6. The first kappa shape index (κ1) is 13.9. The van der Waals surface area contributed by atoms with Crippen molar-refractivity contribution in [2.45, 2.75) is 20.0 Å². The molecule has 1 aromatic carbocycles. The van der Waals surface area contributed by atoms with Gasteiger partial charge in [0.1, 0.15) is 0 Å². The highest BCUT2D eigenvalue weighted by molar-refractivity contribution is 5.54. The molecule has 0 aliphatic rings. The zero-order valence-electron chi connectivity index (χ0n) is 12.2. The number of pyridine rings is 1. The molecule has 0 saturated heterocycles. The summed E-state index contributed by atoms with van der Waals surface area (Å²) >= 11 is 0. The number of hydrogen-bond acceptors (Lipinski definition) is 4. The van der Waals surface area contributed by atoms with Crippen LogP contribution in [-0.2, 0) is 13.1 Å². The van der Waals surface area contributed by atoms with Crippen molar-refractivity contribution in [3.05, 3.63) is 59.9 Å². The zero-order chi connectivity index (χ0) is 15.4. The molecular formula is C16H15N6+. The van der Waals surface area contributed by atoms with Crippen molar-refractivity contribution in [2.24, 2.45) is 0 Å². The summed E-state index contributed by atoms with van der Waals surface area (Å²) in [5.41, 5.74) is 2.78. The molecule has 108 valence electrons. The standard InChI is InChI=1S/C16H15N6/c1-2-22-19-16(18-20-22)15-5-3-14(4-6-15)12-21-9-7-13(11-17)8-10-21/h3-10H,2,12H2,1H3/q+1. The number of hydrogen-bond donors (Lipinski definition) is 0. The minimum atomic E-state index is 0.638. The van der Waals surface area contributed by atoms with Crippen LogP contribution in [-0.4, -0.2) is 20.2 Å². The van der Waals surface area contributed by atoms with Crippen molar-refractivity contribution in [2.75, 3.05) is 0 Å². The van der Waals surface area contributed by atoms with Crippen molar-refractivity contribution < 1.29 is 4.57 Å². The first-order valence-electron chi connectivity index (χ1n) is 7.05. The molecule has 22 heavy (non-hydrogen) atoms. The largest absolute Gasteiger partial charge is 0.204 e. The second-order valence-corrected chi connectivity index (χ2v) is 4.87. The Morgan fingerprint density at radius 1 is 1.14 bits per heavy atom. The Morgan fingerprint density at radius 2 is 1.86 bits per heavy atom. The summed E-state index contributed by atoms with van der Waals surface area (Å²) in [7, 11) is 0. The number of nitriles is 1. The molecule has 0 fully saturated rings. The third kappa shape index (κ3) is 2.99. The molecule has 0 aliphatic heterocycles. The maximum Gasteiger partial charge on any atom is 0.204 e. The van der Waals surface area contributed by atoms with E-state index < -0.39 is 0 Å². The van der Waals surface area contributed by atoms with Crippen molar-refractivity contribution >= 4 is 0 Å². The van der Waals surface area contributed by atoms with Crippen LogP contribution in [0.2, 0.25) is 0 Å². The van der Waals surface area contributed by atoms with Gasteiger partial charge in [-0.1, -0.05) is 24.3 Å². The molecule has 6 nitrogen and oxygen atoms in total. The second kappa shape index (κ2) is 6.14. The summed E-state index contributed by atoms with van der Waals surface area (Å²) in [4.78, 5) is 1.57. The summed E-state index contributed by atoms with van der Waals surface area (Å²) in [6.45, 7) is 3.44. The van der Waals surface area contributed by atoms with Crippen LogP contribution in [0.4, 0.5) is 0 Å². The van der Waals surface area contributed by atoms with Crippen LogP contribution in [0.15, 0.2) is 48.8 Å². The van der Waals surface area contributed by atoms with E-state index in [2.05, 4.69) is 21.5 Å². The summed E-state index contributed by atoms with van der Waals surface area (Å²) in [6.07, 6.45) is 3.81. The van der Waals surface area contributed by atoms with Crippen LogP contribution in [0, 0.1) is 11.3 Å². The average Bonchev–Trinajstić information content (AvgIpc) is 3.05. The zero-order valence-corrected chi connectivity index (χ0v) is 12.2. The van der Waals surface area contributed by atoms with Gasteiger partial charge < -0.3 is 0 Å². The molecule has 0 radical (unpaired) electrons. The summed E-state index contributed by atoms with van der Waals surface area (Å²) in [5, 5.41) is 21.1. The first-order valence-corrected chi connectivity index (χ1v) is 7.05. The van der Waals surface area contributed by atoms with E-state index in [1.54, 1.807) is 16.9 Å². The third-order valence-electron chi connectivity index (χ3n) is 3.33. The topological polar surface area (TPSA) is 71.3 Å². The van der Waals surface area contributed by atoms with Gasteiger partial charge in [-0.2, -0.15) is 10.1 Å². The van der Waals surface area contributed by atoms with E-state index in [9.17, 15) is 0 Å². The fourth-order valence-electron chi connectivity index (χ4n) is 2.10. The Bertz CT molecular complexity index is 796. The average molecular weight is 291 g/mol. The molecule has 0 bridgehead atoms. The summed E-state index contributed by atoms with van der Waals surface area (Å²) in [6, 6.07) is 13.8. The number of tetrazole rings is 1. The van der Waals surface area contributed by atoms with Crippen LogP contribution in [0.5, 0.6) is 0 Å².